The number of nitrogens with one attached hydrogen (secondary N) is 1. The predicted octanol–water partition coefficient (Wildman–Crippen LogP) is 5.37. The largest absolute Gasteiger partial charge is 0.508 e. The van der Waals surface area contributed by atoms with Gasteiger partial charge in [0.15, 0.2) is 0 Å². The van der Waals surface area contributed by atoms with Crippen molar-refractivity contribution >= 4 is 21.6 Å². The van der Waals surface area contributed by atoms with E-state index in [1.165, 1.54) is 11.1 Å². The number of hydrogen-bond acceptors (Lipinski definition) is 3. The Bertz CT molecular complexity index is 755. The number of nitrogens with zero attached hydrogens (tertiary/aromatic N) is 1. The molecule has 3 rings (SSSR count). The van der Waals surface area contributed by atoms with Crippen molar-refractivity contribution in [3.8, 4) is 5.75 Å². The van der Waals surface area contributed by atoms with Crippen LogP contribution in [0.2, 0.25) is 0 Å². The third-order valence-corrected chi connectivity index (χ3v) is 5.22. The molecule has 4 heteroatoms. The Morgan fingerprint density at radius 3 is 2.60 bits per heavy atom. The van der Waals surface area contributed by atoms with Gasteiger partial charge in [-0.25, -0.2) is 0 Å². The molecule has 0 saturated carbocycles. The molecule has 2 atom stereocenters. The molecule has 0 fully saturated rings. The van der Waals surface area contributed by atoms with Crippen LogP contribution in [0.15, 0.2) is 51.9 Å². The number of aryl methyl sites for hydroxylation is 1. The van der Waals surface area contributed by atoms with Crippen molar-refractivity contribution in [2.24, 2.45) is 4.99 Å². The third-order valence-electron chi connectivity index (χ3n) is 4.73. The van der Waals surface area contributed by atoms with Gasteiger partial charge >= 0.3 is 0 Å². The van der Waals surface area contributed by atoms with Gasteiger partial charge in [0.1, 0.15) is 11.9 Å². The highest BCUT2D eigenvalue weighted by Crippen LogP contribution is 2.33. The van der Waals surface area contributed by atoms with E-state index in [9.17, 15) is 5.11 Å². The van der Waals surface area contributed by atoms with Gasteiger partial charge in [-0.3, -0.25) is 10.3 Å². The van der Waals surface area contributed by atoms with E-state index in [1.54, 1.807) is 6.07 Å². The zero-order chi connectivity index (χ0) is 17.8. The maximum absolute atomic E-state index is 10.3. The highest BCUT2D eigenvalue weighted by atomic mass is 79.9. The first kappa shape index (κ1) is 18.2. The van der Waals surface area contributed by atoms with E-state index in [2.05, 4.69) is 59.4 Å². The Morgan fingerprint density at radius 1 is 1.16 bits per heavy atom. The smallest absolute Gasteiger partial charge is 0.120 e. The minimum Gasteiger partial charge on any atom is -0.508 e. The van der Waals surface area contributed by atoms with E-state index < -0.39 is 0 Å². The van der Waals surface area contributed by atoms with Crippen LogP contribution in [0.25, 0.3) is 0 Å². The fraction of sp³-hybridized carbons (Fsp3) is 0.381. The monoisotopic (exact) mass is 400 g/mol. The van der Waals surface area contributed by atoms with Gasteiger partial charge in [0, 0.05) is 28.2 Å². The molecule has 0 aromatic heterocycles. The van der Waals surface area contributed by atoms with Crippen LogP contribution in [-0.4, -0.2) is 17.0 Å². The first-order valence-electron chi connectivity index (χ1n) is 9.01. The topological polar surface area (TPSA) is 44.6 Å². The van der Waals surface area contributed by atoms with E-state index in [4.69, 9.17) is 4.99 Å². The number of halogens is 1. The summed E-state index contributed by atoms with van der Waals surface area (Å²) in [5, 5.41) is 13.9. The van der Waals surface area contributed by atoms with Gasteiger partial charge < -0.3 is 5.11 Å². The Balaban J connectivity index is 1.92. The summed E-state index contributed by atoms with van der Waals surface area (Å²) in [7, 11) is 0. The van der Waals surface area contributed by atoms with Crippen LogP contribution in [-0.2, 0) is 6.42 Å². The summed E-state index contributed by atoms with van der Waals surface area (Å²) in [6.45, 7) is 4.34. The molecule has 0 spiro atoms. The summed E-state index contributed by atoms with van der Waals surface area (Å²) in [4.78, 5) is 4.94. The fourth-order valence-corrected chi connectivity index (χ4v) is 3.69. The van der Waals surface area contributed by atoms with Crippen LogP contribution in [0.1, 0.15) is 55.8 Å². The van der Waals surface area contributed by atoms with Crippen molar-refractivity contribution in [3.05, 3.63) is 63.6 Å². The summed E-state index contributed by atoms with van der Waals surface area (Å²) in [5.74, 6) is 0.332. The molecule has 0 bridgehead atoms. The van der Waals surface area contributed by atoms with Gasteiger partial charge in [0.2, 0.25) is 0 Å². The number of hydrogen-bond donors (Lipinski definition) is 2. The second-order valence-electron chi connectivity index (χ2n) is 6.56. The summed E-state index contributed by atoms with van der Waals surface area (Å²) >= 11 is 3.52. The van der Waals surface area contributed by atoms with Crippen LogP contribution in [0.4, 0.5) is 0 Å². The summed E-state index contributed by atoms with van der Waals surface area (Å²) in [6, 6.07) is 14.4. The van der Waals surface area contributed by atoms with Gasteiger partial charge in [-0.2, -0.15) is 0 Å². The van der Waals surface area contributed by atoms with Crippen molar-refractivity contribution in [2.75, 3.05) is 0 Å². The quantitative estimate of drug-likeness (QED) is 0.708. The molecule has 1 aliphatic heterocycles. The molecule has 0 amide bonds. The van der Waals surface area contributed by atoms with Crippen molar-refractivity contribution < 1.29 is 5.11 Å². The zero-order valence-electron chi connectivity index (χ0n) is 14.8. The Hall–Kier alpha value is -1.65. The van der Waals surface area contributed by atoms with Crippen LogP contribution in [0.3, 0.4) is 0 Å². The Morgan fingerprint density at radius 2 is 1.92 bits per heavy atom. The lowest BCUT2D eigenvalue weighted by Gasteiger charge is -2.30. The van der Waals surface area contributed by atoms with Crippen LogP contribution < -0.4 is 5.32 Å². The SMILES string of the molecule is CCCC1N=C(c2ccc(CC)cc2)CC(c2cc(Br)ccc2O)N1. The normalized spacial score (nSPS) is 20.4. The first-order valence-corrected chi connectivity index (χ1v) is 9.80. The highest BCUT2D eigenvalue weighted by molar-refractivity contribution is 9.10. The lowest BCUT2D eigenvalue weighted by molar-refractivity contribution is 0.391. The van der Waals surface area contributed by atoms with Crippen molar-refractivity contribution in [3.63, 3.8) is 0 Å². The highest BCUT2D eigenvalue weighted by Gasteiger charge is 2.26. The van der Waals surface area contributed by atoms with Crippen LogP contribution in [0.5, 0.6) is 5.75 Å². The molecule has 2 N–H and O–H groups in total. The maximum Gasteiger partial charge on any atom is 0.120 e. The number of benzene rings is 2. The zero-order valence-corrected chi connectivity index (χ0v) is 16.4. The minimum absolute atomic E-state index is 0.0624. The van der Waals surface area contributed by atoms with E-state index in [0.717, 1.165) is 41.4 Å². The molecule has 25 heavy (non-hydrogen) atoms. The third kappa shape index (κ3) is 4.31. The molecule has 132 valence electrons. The number of rotatable bonds is 5. The van der Waals surface area contributed by atoms with E-state index in [0.29, 0.717) is 5.75 Å². The number of aliphatic imine (C=N–C) groups is 1. The Kier molecular flexibility index (Phi) is 5.92. The average molecular weight is 401 g/mol. The van der Waals surface area contributed by atoms with Gasteiger partial charge in [-0.15, -0.1) is 0 Å². The summed E-state index contributed by atoms with van der Waals surface area (Å²) in [6.07, 6.45) is 3.96. The second kappa shape index (κ2) is 8.15. The first-order chi connectivity index (χ1) is 12.1. The number of phenols is 1. The van der Waals surface area contributed by atoms with Gasteiger partial charge in [-0.05, 0) is 42.2 Å². The summed E-state index contributed by atoms with van der Waals surface area (Å²) < 4.78 is 0.977. The fourth-order valence-electron chi connectivity index (χ4n) is 3.31. The Labute approximate surface area is 158 Å². The molecule has 0 radical (unpaired) electrons. The van der Waals surface area contributed by atoms with Crippen molar-refractivity contribution in [1.29, 1.82) is 0 Å². The van der Waals surface area contributed by atoms with E-state index in [1.807, 2.05) is 12.1 Å². The number of phenolic OH excluding ortho intramolecular Hbond substituents is 1. The molecule has 1 aliphatic rings. The molecular weight excluding hydrogens is 376 g/mol. The summed E-state index contributed by atoms with van der Waals surface area (Å²) in [5.41, 5.74) is 4.56. The number of aromatic hydroxyl groups is 1. The van der Waals surface area contributed by atoms with E-state index in [-0.39, 0.29) is 12.2 Å². The molecular formula is C21H25BrN2O. The standard InChI is InChI=1S/C21H25BrN2O/c1-3-5-21-23-18(15-8-6-14(4-2)7-9-15)13-19(24-21)17-12-16(22)10-11-20(17)25/h6-12,19,21,24-25H,3-5,13H2,1-2H3. The lowest BCUT2D eigenvalue weighted by atomic mass is 9.93. The molecule has 2 aromatic rings. The van der Waals surface area contributed by atoms with E-state index >= 15 is 0 Å². The second-order valence-corrected chi connectivity index (χ2v) is 7.47. The van der Waals surface area contributed by atoms with Gasteiger partial charge in [-0.1, -0.05) is 60.5 Å². The molecule has 3 nitrogen and oxygen atoms in total. The average Bonchev–Trinajstić information content (AvgIpc) is 2.64. The van der Waals surface area contributed by atoms with Crippen LogP contribution in [0, 0.1) is 0 Å². The predicted molar refractivity (Wildman–Crippen MR) is 107 cm³/mol. The lowest BCUT2D eigenvalue weighted by Crippen LogP contribution is -2.38. The van der Waals surface area contributed by atoms with Gasteiger partial charge in [0.05, 0.1) is 0 Å². The minimum atomic E-state index is 0.0624. The van der Waals surface area contributed by atoms with Gasteiger partial charge in [0.25, 0.3) is 0 Å². The van der Waals surface area contributed by atoms with Crippen molar-refractivity contribution in [1.82, 2.24) is 5.32 Å². The molecule has 1 heterocycles. The molecule has 2 aromatic carbocycles. The molecule has 0 saturated heterocycles. The maximum atomic E-state index is 10.3. The van der Waals surface area contributed by atoms with Crippen molar-refractivity contribution in [2.45, 2.75) is 51.7 Å². The molecule has 0 aliphatic carbocycles. The van der Waals surface area contributed by atoms with Crippen LogP contribution >= 0.6 is 15.9 Å². The molecule has 2 unspecified atom stereocenters.